The summed E-state index contributed by atoms with van der Waals surface area (Å²) in [5.41, 5.74) is 0.0282. The van der Waals surface area contributed by atoms with E-state index in [1.807, 2.05) is 49.4 Å². The summed E-state index contributed by atoms with van der Waals surface area (Å²) in [5.74, 6) is 0.551. The minimum atomic E-state index is -0.877. The highest BCUT2D eigenvalue weighted by molar-refractivity contribution is 7.99. The van der Waals surface area contributed by atoms with Crippen molar-refractivity contribution in [2.45, 2.75) is 17.4 Å². The van der Waals surface area contributed by atoms with E-state index in [0.29, 0.717) is 15.8 Å². The lowest BCUT2D eigenvalue weighted by Gasteiger charge is -2.23. The average Bonchev–Trinajstić information content (AvgIpc) is 2.41. The molecule has 0 saturated heterocycles. The molecule has 2 aromatic rings. The molecule has 2 aromatic carbocycles. The van der Waals surface area contributed by atoms with Gasteiger partial charge in [0.1, 0.15) is 0 Å². The summed E-state index contributed by atoms with van der Waals surface area (Å²) in [6.07, 6.45) is 0. The van der Waals surface area contributed by atoms with E-state index in [-0.39, 0.29) is 0 Å². The fourth-order valence-electron chi connectivity index (χ4n) is 1.67. The standard InChI is InChI=1S/C15H14Cl2OS/c1-15(18,11-5-3-2-4-6-11)10-19-12-7-8-13(16)14(17)9-12/h2-9,18H,10H2,1H3. The van der Waals surface area contributed by atoms with E-state index in [9.17, 15) is 5.11 Å². The molecule has 4 heteroatoms. The summed E-state index contributed by atoms with van der Waals surface area (Å²) in [7, 11) is 0. The number of aliphatic hydroxyl groups is 1. The molecule has 100 valence electrons. The molecule has 2 rings (SSSR count). The van der Waals surface area contributed by atoms with Gasteiger partial charge in [-0.05, 0) is 30.7 Å². The van der Waals surface area contributed by atoms with Crippen molar-refractivity contribution in [3.8, 4) is 0 Å². The molecule has 0 bridgehead atoms. The number of thioether (sulfide) groups is 1. The third kappa shape index (κ3) is 3.90. The predicted molar refractivity (Wildman–Crippen MR) is 83.2 cm³/mol. The fraction of sp³-hybridized carbons (Fsp3) is 0.200. The minimum Gasteiger partial charge on any atom is -0.385 e. The normalized spacial score (nSPS) is 14.1. The lowest BCUT2D eigenvalue weighted by Crippen LogP contribution is -2.24. The van der Waals surface area contributed by atoms with E-state index >= 15 is 0 Å². The lowest BCUT2D eigenvalue weighted by atomic mass is 9.99. The van der Waals surface area contributed by atoms with Gasteiger partial charge in [-0.15, -0.1) is 11.8 Å². The highest BCUT2D eigenvalue weighted by atomic mass is 35.5. The summed E-state index contributed by atoms with van der Waals surface area (Å²) >= 11 is 13.4. The second kappa shape index (κ2) is 6.19. The van der Waals surface area contributed by atoms with Crippen LogP contribution in [0.2, 0.25) is 10.0 Å². The summed E-state index contributed by atoms with van der Waals surface area (Å²) in [5, 5.41) is 11.6. The van der Waals surface area contributed by atoms with Crippen LogP contribution < -0.4 is 0 Å². The first-order valence-electron chi connectivity index (χ1n) is 5.85. The SMILES string of the molecule is CC(O)(CSc1ccc(Cl)c(Cl)c1)c1ccccc1. The van der Waals surface area contributed by atoms with Gasteiger partial charge < -0.3 is 5.11 Å². The number of hydrogen-bond acceptors (Lipinski definition) is 2. The van der Waals surface area contributed by atoms with Crippen molar-refractivity contribution in [3.63, 3.8) is 0 Å². The molecule has 0 amide bonds. The first-order valence-corrected chi connectivity index (χ1v) is 7.59. The van der Waals surface area contributed by atoms with E-state index < -0.39 is 5.60 Å². The summed E-state index contributed by atoms with van der Waals surface area (Å²) in [4.78, 5) is 0.991. The molecule has 0 aliphatic rings. The molecule has 0 aliphatic heterocycles. The second-order valence-electron chi connectivity index (χ2n) is 4.50. The van der Waals surface area contributed by atoms with Gasteiger partial charge in [0.25, 0.3) is 0 Å². The highest BCUT2D eigenvalue weighted by Crippen LogP contribution is 2.32. The molecule has 1 atom stereocenters. The molecule has 0 heterocycles. The summed E-state index contributed by atoms with van der Waals surface area (Å²) < 4.78 is 0. The van der Waals surface area contributed by atoms with Crippen molar-refractivity contribution in [2.75, 3.05) is 5.75 Å². The molecular formula is C15H14Cl2OS. The molecule has 1 N–H and O–H groups in total. The lowest BCUT2D eigenvalue weighted by molar-refractivity contribution is 0.0839. The number of halogens is 2. The van der Waals surface area contributed by atoms with E-state index in [1.54, 1.807) is 17.8 Å². The number of rotatable bonds is 4. The van der Waals surface area contributed by atoms with Crippen LogP contribution in [0.15, 0.2) is 53.4 Å². The van der Waals surface area contributed by atoms with Gasteiger partial charge in [-0.1, -0.05) is 53.5 Å². The van der Waals surface area contributed by atoms with Gasteiger partial charge in [0, 0.05) is 10.6 Å². The minimum absolute atomic E-state index is 0.533. The Kier molecular flexibility index (Phi) is 4.80. The third-order valence-corrected chi connectivity index (χ3v) is 4.84. The molecule has 0 aliphatic carbocycles. The van der Waals surface area contributed by atoms with Crippen LogP contribution in [0.25, 0.3) is 0 Å². The van der Waals surface area contributed by atoms with Crippen molar-refractivity contribution in [1.82, 2.24) is 0 Å². The van der Waals surface area contributed by atoms with Gasteiger partial charge in [-0.2, -0.15) is 0 Å². The second-order valence-corrected chi connectivity index (χ2v) is 6.37. The Labute approximate surface area is 127 Å². The zero-order valence-electron chi connectivity index (χ0n) is 10.4. The van der Waals surface area contributed by atoms with Crippen LogP contribution in [-0.4, -0.2) is 10.9 Å². The van der Waals surface area contributed by atoms with Crippen LogP contribution in [0.4, 0.5) is 0 Å². The van der Waals surface area contributed by atoms with Gasteiger partial charge in [0.2, 0.25) is 0 Å². The maximum Gasteiger partial charge on any atom is 0.0962 e. The van der Waals surface area contributed by atoms with Crippen LogP contribution in [0.5, 0.6) is 0 Å². The van der Waals surface area contributed by atoms with E-state index in [0.717, 1.165) is 10.5 Å². The average molecular weight is 313 g/mol. The Balaban J connectivity index is 2.07. The van der Waals surface area contributed by atoms with Crippen molar-refractivity contribution in [1.29, 1.82) is 0 Å². The fourth-order valence-corrected chi connectivity index (χ4v) is 3.01. The molecule has 19 heavy (non-hydrogen) atoms. The molecule has 0 spiro atoms. The van der Waals surface area contributed by atoms with Crippen LogP contribution in [0, 0.1) is 0 Å². The van der Waals surface area contributed by atoms with Gasteiger partial charge in [0.15, 0.2) is 0 Å². The van der Waals surface area contributed by atoms with E-state index in [1.165, 1.54) is 0 Å². The van der Waals surface area contributed by atoms with Crippen molar-refractivity contribution in [3.05, 3.63) is 64.1 Å². The van der Waals surface area contributed by atoms with Gasteiger partial charge in [-0.25, -0.2) is 0 Å². The Morgan fingerprint density at radius 2 is 1.74 bits per heavy atom. The van der Waals surface area contributed by atoms with E-state index in [2.05, 4.69) is 0 Å². The molecule has 0 saturated carbocycles. The smallest absolute Gasteiger partial charge is 0.0962 e. The van der Waals surface area contributed by atoms with Crippen LogP contribution >= 0.6 is 35.0 Å². The van der Waals surface area contributed by atoms with Crippen LogP contribution in [0.3, 0.4) is 0 Å². The Hall–Kier alpha value is -0.670. The van der Waals surface area contributed by atoms with Crippen LogP contribution in [-0.2, 0) is 5.60 Å². The van der Waals surface area contributed by atoms with Crippen molar-refractivity contribution in [2.24, 2.45) is 0 Å². The maximum absolute atomic E-state index is 10.5. The first-order chi connectivity index (χ1) is 8.99. The maximum atomic E-state index is 10.5. The number of hydrogen-bond donors (Lipinski definition) is 1. The van der Waals surface area contributed by atoms with Gasteiger partial charge in [0.05, 0.1) is 15.6 Å². The molecule has 0 fully saturated rings. The molecule has 0 radical (unpaired) electrons. The summed E-state index contributed by atoms with van der Waals surface area (Å²) in [6.45, 7) is 1.81. The zero-order valence-corrected chi connectivity index (χ0v) is 12.8. The molecular weight excluding hydrogens is 299 g/mol. The zero-order chi connectivity index (χ0) is 13.9. The predicted octanol–water partition coefficient (Wildman–Crippen LogP) is 4.99. The molecule has 0 aromatic heterocycles. The van der Waals surface area contributed by atoms with Gasteiger partial charge in [-0.3, -0.25) is 0 Å². The topological polar surface area (TPSA) is 20.2 Å². The highest BCUT2D eigenvalue weighted by Gasteiger charge is 2.22. The largest absolute Gasteiger partial charge is 0.385 e. The van der Waals surface area contributed by atoms with Crippen LogP contribution in [0.1, 0.15) is 12.5 Å². The quantitative estimate of drug-likeness (QED) is 0.802. The molecule has 1 nitrogen and oxygen atoms in total. The van der Waals surface area contributed by atoms with Crippen molar-refractivity contribution < 1.29 is 5.11 Å². The monoisotopic (exact) mass is 312 g/mol. The van der Waals surface area contributed by atoms with Gasteiger partial charge >= 0.3 is 0 Å². The Bertz CT molecular complexity index is 555. The van der Waals surface area contributed by atoms with Crippen molar-refractivity contribution >= 4 is 35.0 Å². The summed E-state index contributed by atoms with van der Waals surface area (Å²) in [6, 6.07) is 15.1. The molecule has 1 unspecified atom stereocenters. The Morgan fingerprint density at radius 1 is 1.05 bits per heavy atom. The third-order valence-electron chi connectivity index (χ3n) is 2.81. The number of benzene rings is 2. The Morgan fingerprint density at radius 3 is 2.37 bits per heavy atom. The first kappa shape index (κ1) is 14.7. The van der Waals surface area contributed by atoms with E-state index in [4.69, 9.17) is 23.2 Å².